The number of aromatic nitrogens is 1. The third-order valence-corrected chi connectivity index (χ3v) is 3.58. The number of thiocarbonyl (C=S) groups is 1. The van der Waals surface area contributed by atoms with Crippen molar-refractivity contribution in [2.75, 3.05) is 4.90 Å². The van der Waals surface area contributed by atoms with Crippen molar-refractivity contribution >= 4 is 35.0 Å². The first kappa shape index (κ1) is 15.1. The Morgan fingerprint density at radius 1 is 1.30 bits per heavy atom. The van der Waals surface area contributed by atoms with E-state index in [0.29, 0.717) is 5.69 Å². The summed E-state index contributed by atoms with van der Waals surface area (Å²) < 4.78 is 13.9. The summed E-state index contributed by atoms with van der Waals surface area (Å²) in [7, 11) is 0. The summed E-state index contributed by atoms with van der Waals surface area (Å²) in [6, 6.07) is 9.00. The molecular weight excluding hydrogens is 317 g/mol. The molecule has 1 aliphatic heterocycles. The number of para-hydroxylation sites is 1. The third-order valence-electron chi connectivity index (χ3n) is 3.29. The first-order valence-corrected chi connectivity index (χ1v) is 7.16. The molecule has 0 unspecified atom stereocenters. The summed E-state index contributed by atoms with van der Waals surface area (Å²) in [5.74, 6) is -1.13. The quantitative estimate of drug-likeness (QED) is 0.655. The van der Waals surface area contributed by atoms with Crippen molar-refractivity contribution in [3.63, 3.8) is 0 Å². The van der Waals surface area contributed by atoms with Gasteiger partial charge >= 0.3 is 0 Å². The zero-order chi connectivity index (χ0) is 16.6. The van der Waals surface area contributed by atoms with Gasteiger partial charge < -0.3 is 10.4 Å². The fourth-order valence-corrected chi connectivity index (χ4v) is 2.49. The maximum absolute atomic E-state index is 13.9. The van der Waals surface area contributed by atoms with Crippen molar-refractivity contribution in [2.45, 2.75) is 6.92 Å². The van der Waals surface area contributed by atoms with Gasteiger partial charge in [-0.15, -0.1) is 0 Å². The van der Waals surface area contributed by atoms with Gasteiger partial charge in [0.25, 0.3) is 5.91 Å². The molecule has 116 valence electrons. The number of hydrogen-bond acceptors (Lipinski definition) is 4. The average molecular weight is 329 g/mol. The Hall–Kier alpha value is -2.80. The van der Waals surface area contributed by atoms with Crippen LogP contribution < -0.4 is 10.2 Å². The molecular formula is C16H12FN3O2S. The molecule has 1 aromatic carbocycles. The van der Waals surface area contributed by atoms with Gasteiger partial charge in [-0.05, 0) is 49.5 Å². The molecule has 0 aliphatic carbocycles. The highest BCUT2D eigenvalue weighted by Gasteiger charge is 2.33. The lowest BCUT2D eigenvalue weighted by Gasteiger charge is -2.14. The summed E-state index contributed by atoms with van der Waals surface area (Å²) in [6.07, 6.45) is 1.39. The highest BCUT2D eigenvalue weighted by Crippen LogP contribution is 2.26. The molecule has 0 bridgehead atoms. The Balaban J connectivity index is 2.00. The van der Waals surface area contributed by atoms with Gasteiger partial charge in [0.1, 0.15) is 23.0 Å². The van der Waals surface area contributed by atoms with E-state index < -0.39 is 11.7 Å². The van der Waals surface area contributed by atoms with Crippen LogP contribution in [0.15, 0.2) is 42.1 Å². The van der Waals surface area contributed by atoms with Crippen molar-refractivity contribution in [3.8, 4) is 5.75 Å². The van der Waals surface area contributed by atoms with Crippen LogP contribution in [0.3, 0.4) is 0 Å². The van der Waals surface area contributed by atoms with E-state index in [1.54, 1.807) is 19.1 Å². The predicted octanol–water partition coefficient (Wildman–Crippen LogP) is 2.50. The number of aromatic hydroxyl groups is 1. The zero-order valence-electron chi connectivity index (χ0n) is 12.1. The van der Waals surface area contributed by atoms with E-state index in [0.717, 1.165) is 4.90 Å². The smallest absolute Gasteiger partial charge is 0.281 e. The van der Waals surface area contributed by atoms with Crippen LogP contribution in [0.2, 0.25) is 0 Å². The van der Waals surface area contributed by atoms with Gasteiger partial charge in [0.05, 0.1) is 5.69 Å². The predicted molar refractivity (Wildman–Crippen MR) is 88.2 cm³/mol. The molecule has 23 heavy (non-hydrogen) atoms. The second kappa shape index (κ2) is 5.77. The molecule has 0 atom stereocenters. The van der Waals surface area contributed by atoms with Gasteiger partial charge in [-0.2, -0.15) is 0 Å². The minimum atomic E-state index is -0.553. The molecule has 3 rings (SSSR count). The molecule has 1 aromatic heterocycles. The Bertz CT molecular complexity index is 851. The number of nitrogens with zero attached hydrogens (tertiary/aromatic N) is 2. The van der Waals surface area contributed by atoms with E-state index in [9.17, 15) is 14.3 Å². The summed E-state index contributed by atoms with van der Waals surface area (Å²) in [4.78, 5) is 17.7. The SMILES string of the molecule is Cc1ccc(O)c(/C=C2/NC(=S)N(c3ccccc3F)C2=O)n1. The summed E-state index contributed by atoms with van der Waals surface area (Å²) in [5, 5.41) is 12.6. The van der Waals surface area contributed by atoms with E-state index in [1.165, 1.54) is 30.3 Å². The van der Waals surface area contributed by atoms with Crippen LogP contribution in [0, 0.1) is 12.7 Å². The standard InChI is InChI=1S/C16H12FN3O2S/c1-9-6-7-14(21)11(18-9)8-12-15(22)20(16(23)19-12)13-5-3-2-4-10(13)17/h2-8,21H,1H3,(H,19,23)/b12-8+. The molecule has 2 heterocycles. The number of aryl methyl sites for hydroxylation is 1. The first-order valence-electron chi connectivity index (χ1n) is 6.75. The summed E-state index contributed by atoms with van der Waals surface area (Å²) in [6.45, 7) is 1.77. The topological polar surface area (TPSA) is 65.5 Å². The number of halogens is 1. The number of pyridine rings is 1. The van der Waals surface area contributed by atoms with E-state index in [-0.39, 0.29) is 27.9 Å². The van der Waals surface area contributed by atoms with Crippen molar-refractivity contribution in [2.24, 2.45) is 0 Å². The maximum Gasteiger partial charge on any atom is 0.281 e. The second-order valence-electron chi connectivity index (χ2n) is 4.94. The molecule has 7 heteroatoms. The van der Waals surface area contributed by atoms with E-state index in [4.69, 9.17) is 12.2 Å². The van der Waals surface area contributed by atoms with Crippen molar-refractivity contribution in [1.82, 2.24) is 10.3 Å². The third kappa shape index (κ3) is 2.78. The van der Waals surface area contributed by atoms with Crippen LogP contribution >= 0.6 is 12.2 Å². The van der Waals surface area contributed by atoms with E-state index in [1.807, 2.05) is 0 Å². The number of nitrogens with one attached hydrogen (secondary N) is 1. The molecule has 1 saturated heterocycles. The lowest BCUT2D eigenvalue weighted by atomic mass is 10.2. The number of benzene rings is 1. The molecule has 0 spiro atoms. The average Bonchev–Trinajstić information content (AvgIpc) is 2.78. The van der Waals surface area contributed by atoms with Crippen LogP contribution in [0.4, 0.5) is 10.1 Å². The molecule has 0 radical (unpaired) electrons. The summed E-state index contributed by atoms with van der Waals surface area (Å²) in [5.41, 5.74) is 1.11. The Morgan fingerprint density at radius 3 is 2.78 bits per heavy atom. The normalized spacial score (nSPS) is 16.1. The number of carbonyl (C=O) groups excluding carboxylic acids is 1. The van der Waals surface area contributed by atoms with Crippen LogP contribution in [-0.2, 0) is 4.79 Å². The van der Waals surface area contributed by atoms with Crippen molar-refractivity contribution in [1.29, 1.82) is 0 Å². The Kier molecular flexibility index (Phi) is 3.79. The molecule has 1 amide bonds. The zero-order valence-corrected chi connectivity index (χ0v) is 12.9. The Morgan fingerprint density at radius 2 is 2.04 bits per heavy atom. The van der Waals surface area contributed by atoms with E-state index in [2.05, 4.69) is 10.3 Å². The number of carbonyl (C=O) groups is 1. The number of hydrogen-bond donors (Lipinski definition) is 2. The van der Waals surface area contributed by atoms with Gasteiger partial charge in [0, 0.05) is 5.69 Å². The van der Waals surface area contributed by atoms with Crippen LogP contribution in [0.5, 0.6) is 5.75 Å². The maximum atomic E-state index is 13.9. The molecule has 0 saturated carbocycles. The van der Waals surface area contributed by atoms with Gasteiger partial charge in [-0.3, -0.25) is 4.79 Å². The fourth-order valence-electron chi connectivity index (χ4n) is 2.20. The summed E-state index contributed by atoms with van der Waals surface area (Å²) >= 11 is 5.11. The number of rotatable bonds is 2. The number of anilines is 1. The minimum absolute atomic E-state index is 0.0621. The molecule has 5 nitrogen and oxygen atoms in total. The number of amides is 1. The van der Waals surface area contributed by atoms with Crippen molar-refractivity contribution in [3.05, 3.63) is 59.3 Å². The molecule has 1 aliphatic rings. The van der Waals surface area contributed by atoms with Gasteiger partial charge in [0.2, 0.25) is 0 Å². The van der Waals surface area contributed by atoms with Gasteiger partial charge in [0.15, 0.2) is 5.11 Å². The molecule has 2 aromatic rings. The lowest BCUT2D eigenvalue weighted by Crippen LogP contribution is -2.31. The fraction of sp³-hybridized carbons (Fsp3) is 0.0625. The highest BCUT2D eigenvalue weighted by atomic mass is 32.1. The monoisotopic (exact) mass is 329 g/mol. The van der Waals surface area contributed by atoms with Crippen LogP contribution in [0.25, 0.3) is 6.08 Å². The van der Waals surface area contributed by atoms with Crippen LogP contribution in [-0.4, -0.2) is 21.1 Å². The van der Waals surface area contributed by atoms with Gasteiger partial charge in [-0.1, -0.05) is 12.1 Å². The first-order chi connectivity index (χ1) is 11.0. The Labute approximate surface area is 137 Å². The lowest BCUT2D eigenvalue weighted by molar-refractivity contribution is -0.113. The van der Waals surface area contributed by atoms with E-state index >= 15 is 0 Å². The highest BCUT2D eigenvalue weighted by molar-refractivity contribution is 7.80. The van der Waals surface area contributed by atoms with Crippen LogP contribution in [0.1, 0.15) is 11.4 Å². The van der Waals surface area contributed by atoms with Crippen molar-refractivity contribution < 1.29 is 14.3 Å². The largest absolute Gasteiger partial charge is 0.506 e. The second-order valence-corrected chi connectivity index (χ2v) is 5.32. The van der Waals surface area contributed by atoms with Gasteiger partial charge in [-0.25, -0.2) is 14.3 Å². The minimum Gasteiger partial charge on any atom is -0.506 e. The molecule has 2 N–H and O–H groups in total. The molecule has 1 fully saturated rings.